The van der Waals surface area contributed by atoms with Crippen LogP contribution >= 0.6 is 11.3 Å². The molecule has 0 atom stereocenters. The number of rotatable bonds is 5. The number of carbonyl (C=O) groups is 1. The monoisotopic (exact) mass is 264 g/mol. The van der Waals surface area contributed by atoms with Gasteiger partial charge in [0.2, 0.25) is 5.91 Å². The molecule has 5 nitrogen and oxygen atoms in total. The molecule has 0 saturated carbocycles. The first-order chi connectivity index (χ1) is 8.56. The largest absolute Gasteiger partial charge is 0.378 e. The van der Waals surface area contributed by atoms with Crippen LogP contribution in [-0.2, 0) is 6.54 Å². The zero-order valence-electron chi connectivity index (χ0n) is 10.4. The molecule has 0 aliphatic carbocycles. The van der Waals surface area contributed by atoms with Crippen molar-refractivity contribution in [2.24, 2.45) is 5.73 Å². The maximum absolute atomic E-state index is 11.0. The van der Waals surface area contributed by atoms with Crippen LogP contribution in [0, 0.1) is 0 Å². The Bertz CT molecular complexity index is 544. The summed E-state index contributed by atoms with van der Waals surface area (Å²) in [7, 11) is 0. The van der Waals surface area contributed by atoms with Crippen LogP contribution in [0.5, 0.6) is 0 Å². The highest BCUT2D eigenvalue weighted by molar-refractivity contribution is 7.10. The highest BCUT2D eigenvalue weighted by Crippen LogP contribution is 2.17. The Morgan fingerprint density at radius 1 is 1.61 bits per heavy atom. The lowest BCUT2D eigenvalue weighted by Crippen LogP contribution is -2.09. The van der Waals surface area contributed by atoms with E-state index in [0.717, 1.165) is 10.6 Å². The van der Waals surface area contributed by atoms with Crippen LogP contribution < -0.4 is 11.1 Å². The molecule has 3 N–H and O–H groups in total. The fourth-order valence-electron chi connectivity index (χ4n) is 1.50. The first-order valence-corrected chi connectivity index (χ1v) is 6.59. The lowest BCUT2D eigenvalue weighted by atomic mass is 10.3. The molecule has 18 heavy (non-hydrogen) atoms. The second-order valence-electron chi connectivity index (χ2n) is 4.32. The van der Waals surface area contributed by atoms with Crippen LogP contribution in [0.25, 0.3) is 0 Å². The van der Waals surface area contributed by atoms with E-state index in [1.54, 1.807) is 11.6 Å². The predicted octanol–water partition coefficient (Wildman–Crippen LogP) is 2.24. The molecular formula is C12H16N4OS. The second-order valence-corrected chi connectivity index (χ2v) is 5.32. The molecule has 0 aliphatic rings. The topological polar surface area (TPSA) is 72.9 Å². The highest BCUT2D eigenvalue weighted by Gasteiger charge is 2.05. The van der Waals surface area contributed by atoms with Crippen molar-refractivity contribution in [3.8, 4) is 0 Å². The van der Waals surface area contributed by atoms with Gasteiger partial charge in [0.05, 0.1) is 17.4 Å². The van der Waals surface area contributed by atoms with Gasteiger partial charge in [-0.15, -0.1) is 11.3 Å². The van der Waals surface area contributed by atoms with E-state index in [2.05, 4.69) is 24.3 Å². The van der Waals surface area contributed by atoms with Crippen LogP contribution in [0.2, 0.25) is 0 Å². The average Bonchev–Trinajstić information content (AvgIpc) is 2.95. The van der Waals surface area contributed by atoms with Crippen LogP contribution in [0.3, 0.4) is 0 Å². The molecule has 0 aliphatic heterocycles. The Labute approximate surface area is 110 Å². The number of amides is 1. The standard InChI is InChI=1S/C12H16N4OS/c1-8(2)16-6-10(4-15-16)14-5-11-3-9(7-18-11)12(13)17/h3-4,6-8,14H,5H2,1-2H3,(H2,13,17). The molecule has 0 bridgehead atoms. The Morgan fingerprint density at radius 3 is 2.94 bits per heavy atom. The van der Waals surface area contributed by atoms with Crippen LogP contribution in [-0.4, -0.2) is 15.7 Å². The minimum absolute atomic E-state index is 0.351. The summed E-state index contributed by atoms with van der Waals surface area (Å²) in [5, 5.41) is 9.28. The maximum Gasteiger partial charge on any atom is 0.249 e. The number of thiophene rings is 1. The first kappa shape index (κ1) is 12.6. The molecule has 0 unspecified atom stereocenters. The number of carbonyl (C=O) groups excluding carboxylic acids is 1. The van der Waals surface area contributed by atoms with Crippen molar-refractivity contribution in [1.29, 1.82) is 0 Å². The van der Waals surface area contributed by atoms with Gasteiger partial charge in [-0.1, -0.05) is 0 Å². The molecular weight excluding hydrogens is 248 g/mol. The predicted molar refractivity (Wildman–Crippen MR) is 72.8 cm³/mol. The number of primary amides is 1. The van der Waals surface area contributed by atoms with E-state index >= 15 is 0 Å². The van der Waals surface area contributed by atoms with E-state index in [1.165, 1.54) is 11.3 Å². The maximum atomic E-state index is 11.0. The second kappa shape index (κ2) is 5.22. The lowest BCUT2D eigenvalue weighted by molar-refractivity contribution is 0.100. The zero-order chi connectivity index (χ0) is 13.1. The third-order valence-corrected chi connectivity index (χ3v) is 3.47. The Morgan fingerprint density at radius 2 is 2.39 bits per heavy atom. The number of anilines is 1. The molecule has 1 amide bonds. The van der Waals surface area contributed by atoms with Gasteiger partial charge in [0, 0.05) is 29.0 Å². The minimum atomic E-state index is -0.384. The van der Waals surface area contributed by atoms with E-state index in [4.69, 9.17) is 5.73 Å². The first-order valence-electron chi connectivity index (χ1n) is 5.71. The Kier molecular flexibility index (Phi) is 3.66. The van der Waals surface area contributed by atoms with E-state index in [0.29, 0.717) is 18.2 Å². The van der Waals surface area contributed by atoms with Crippen molar-refractivity contribution < 1.29 is 4.79 Å². The van der Waals surface area contributed by atoms with E-state index in [9.17, 15) is 4.79 Å². The molecule has 2 aromatic rings. The summed E-state index contributed by atoms with van der Waals surface area (Å²) in [6, 6.07) is 2.16. The number of hydrogen-bond acceptors (Lipinski definition) is 4. The summed E-state index contributed by atoms with van der Waals surface area (Å²) in [4.78, 5) is 12.0. The third-order valence-electron chi connectivity index (χ3n) is 2.54. The van der Waals surface area contributed by atoms with Crippen molar-refractivity contribution in [3.05, 3.63) is 34.3 Å². The van der Waals surface area contributed by atoms with Gasteiger partial charge in [0.25, 0.3) is 0 Å². The molecule has 0 saturated heterocycles. The SMILES string of the molecule is CC(C)n1cc(NCc2cc(C(N)=O)cs2)cn1. The molecule has 0 radical (unpaired) electrons. The summed E-state index contributed by atoms with van der Waals surface area (Å²) >= 11 is 1.52. The van der Waals surface area contributed by atoms with E-state index in [-0.39, 0.29) is 5.91 Å². The van der Waals surface area contributed by atoms with Crippen molar-refractivity contribution in [2.75, 3.05) is 5.32 Å². The summed E-state index contributed by atoms with van der Waals surface area (Å²) in [5.41, 5.74) is 6.74. The molecule has 2 aromatic heterocycles. The van der Waals surface area contributed by atoms with Gasteiger partial charge in [0.15, 0.2) is 0 Å². The van der Waals surface area contributed by atoms with Crippen molar-refractivity contribution in [2.45, 2.75) is 26.4 Å². The summed E-state index contributed by atoms with van der Waals surface area (Å²) in [6.07, 6.45) is 3.76. The Hall–Kier alpha value is -1.82. The quantitative estimate of drug-likeness (QED) is 0.869. The van der Waals surface area contributed by atoms with Crippen LogP contribution in [0.4, 0.5) is 5.69 Å². The molecule has 0 fully saturated rings. The van der Waals surface area contributed by atoms with Gasteiger partial charge in [-0.25, -0.2) is 0 Å². The molecule has 6 heteroatoms. The summed E-state index contributed by atoms with van der Waals surface area (Å²) in [6.45, 7) is 4.83. The highest BCUT2D eigenvalue weighted by atomic mass is 32.1. The number of nitrogens with two attached hydrogens (primary N) is 1. The van der Waals surface area contributed by atoms with Crippen molar-refractivity contribution in [1.82, 2.24) is 9.78 Å². The van der Waals surface area contributed by atoms with Crippen molar-refractivity contribution in [3.63, 3.8) is 0 Å². The van der Waals surface area contributed by atoms with Crippen molar-refractivity contribution >= 4 is 22.9 Å². The van der Waals surface area contributed by atoms with Gasteiger partial charge < -0.3 is 11.1 Å². The van der Waals surface area contributed by atoms with Crippen LogP contribution in [0.1, 0.15) is 35.1 Å². The van der Waals surface area contributed by atoms with Gasteiger partial charge in [-0.05, 0) is 19.9 Å². The summed E-state index contributed by atoms with van der Waals surface area (Å²) in [5.74, 6) is -0.384. The molecule has 0 aromatic carbocycles. The Balaban J connectivity index is 1.95. The van der Waals surface area contributed by atoms with Gasteiger partial charge in [-0.2, -0.15) is 5.10 Å². The third kappa shape index (κ3) is 2.89. The number of nitrogens with one attached hydrogen (secondary N) is 1. The summed E-state index contributed by atoms with van der Waals surface area (Å²) < 4.78 is 1.89. The zero-order valence-corrected chi connectivity index (χ0v) is 11.2. The molecule has 96 valence electrons. The molecule has 2 rings (SSSR count). The molecule has 0 spiro atoms. The average molecular weight is 264 g/mol. The molecule has 2 heterocycles. The fraction of sp³-hybridized carbons (Fsp3) is 0.333. The smallest absolute Gasteiger partial charge is 0.249 e. The lowest BCUT2D eigenvalue weighted by Gasteiger charge is -2.03. The number of nitrogens with zero attached hydrogens (tertiary/aromatic N) is 2. The normalized spacial score (nSPS) is 10.8. The van der Waals surface area contributed by atoms with Gasteiger partial charge >= 0.3 is 0 Å². The van der Waals surface area contributed by atoms with E-state index < -0.39 is 0 Å². The fourth-order valence-corrected chi connectivity index (χ4v) is 2.32. The number of hydrogen-bond donors (Lipinski definition) is 2. The van der Waals surface area contributed by atoms with Crippen LogP contribution in [0.15, 0.2) is 23.8 Å². The van der Waals surface area contributed by atoms with Gasteiger partial charge in [0.1, 0.15) is 0 Å². The minimum Gasteiger partial charge on any atom is -0.378 e. The van der Waals surface area contributed by atoms with Gasteiger partial charge in [-0.3, -0.25) is 9.48 Å². The van der Waals surface area contributed by atoms with E-state index in [1.807, 2.05) is 16.9 Å². The number of aromatic nitrogens is 2.